The van der Waals surface area contributed by atoms with Gasteiger partial charge in [0.25, 0.3) is 0 Å². The maximum absolute atomic E-state index is 12.5. The zero-order valence-electron chi connectivity index (χ0n) is 15.0. The quantitative estimate of drug-likeness (QED) is 0.737. The summed E-state index contributed by atoms with van der Waals surface area (Å²) in [6, 6.07) is 3.92. The van der Waals surface area contributed by atoms with Crippen LogP contribution in [-0.4, -0.2) is 43.0 Å². The van der Waals surface area contributed by atoms with Crippen molar-refractivity contribution in [2.75, 3.05) is 31.6 Å². The molecule has 5 nitrogen and oxygen atoms in total. The van der Waals surface area contributed by atoms with Gasteiger partial charge in [0.1, 0.15) is 10.6 Å². The number of anilines is 1. The van der Waals surface area contributed by atoms with Crippen molar-refractivity contribution in [1.82, 2.24) is 4.90 Å². The molecule has 0 unspecified atom stereocenters. The number of likely N-dealkylation sites (tertiary alicyclic amines) is 1. The van der Waals surface area contributed by atoms with Crippen LogP contribution in [0.25, 0.3) is 10.4 Å². The molecule has 2 aromatic heterocycles. The third-order valence-corrected chi connectivity index (χ3v) is 6.17. The molecular weight excluding hydrogens is 368 g/mol. The van der Waals surface area contributed by atoms with Gasteiger partial charge in [0.15, 0.2) is 0 Å². The topological polar surface area (TPSA) is 58.6 Å². The normalized spacial score (nSPS) is 15.4. The number of hydrogen-bond donors (Lipinski definition) is 1. The second-order valence-electron chi connectivity index (χ2n) is 6.29. The van der Waals surface area contributed by atoms with Crippen LogP contribution in [0, 0.1) is 0 Å². The summed E-state index contributed by atoms with van der Waals surface area (Å²) in [5.41, 5.74) is 1.29. The number of nitrogens with one attached hydrogen (secondary N) is 1. The Labute approximate surface area is 162 Å². The van der Waals surface area contributed by atoms with Crippen molar-refractivity contribution in [2.24, 2.45) is 0 Å². The molecule has 0 atom stereocenters. The minimum absolute atomic E-state index is 0.0722. The van der Waals surface area contributed by atoms with Crippen LogP contribution in [0.5, 0.6) is 0 Å². The van der Waals surface area contributed by atoms with Crippen molar-refractivity contribution in [3.63, 3.8) is 0 Å². The van der Waals surface area contributed by atoms with Gasteiger partial charge in [0.2, 0.25) is 5.91 Å². The zero-order chi connectivity index (χ0) is 18.4. The number of esters is 1. The molecule has 7 heteroatoms. The Morgan fingerprint density at radius 3 is 2.62 bits per heavy atom. The highest BCUT2D eigenvalue weighted by Crippen LogP contribution is 2.38. The molecule has 0 aliphatic carbocycles. The summed E-state index contributed by atoms with van der Waals surface area (Å²) in [4.78, 5) is 28.2. The SMILES string of the molecule is CCOC(=O)c1c(-c2cccs2)csc1NC(=O)CN1CCCCCC1. The molecule has 0 aromatic carbocycles. The van der Waals surface area contributed by atoms with E-state index in [2.05, 4.69) is 10.2 Å². The van der Waals surface area contributed by atoms with Crippen LogP contribution < -0.4 is 5.32 Å². The van der Waals surface area contributed by atoms with Gasteiger partial charge in [-0.2, -0.15) is 0 Å². The summed E-state index contributed by atoms with van der Waals surface area (Å²) in [5.74, 6) is -0.459. The van der Waals surface area contributed by atoms with Gasteiger partial charge in [-0.15, -0.1) is 22.7 Å². The van der Waals surface area contributed by atoms with Gasteiger partial charge in [-0.25, -0.2) is 4.79 Å². The molecule has 0 radical (unpaired) electrons. The molecule has 1 aliphatic rings. The summed E-state index contributed by atoms with van der Waals surface area (Å²) in [7, 11) is 0. The average Bonchev–Trinajstić information content (AvgIpc) is 3.21. The van der Waals surface area contributed by atoms with Crippen LogP contribution in [0.1, 0.15) is 43.0 Å². The fraction of sp³-hybridized carbons (Fsp3) is 0.474. The first-order chi connectivity index (χ1) is 12.7. The van der Waals surface area contributed by atoms with Gasteiger partial charge in [0.05, 0.1) is 13.2 Å². The van der Waals surface area contributed by atoms with Crippen molar-refractivity contribution in [3.8, 4) is 10.4 Å². The molecule has 0 spiro atoms. The summed E-state index contributed by atoms with van der Waals surface area (Å²) < 4.78 is 5.22. The first-order valence-corrected chi connectivity index (χ1v) is 10.8. The largest absolute Gasteiger partial charge is 0.462 e. The second-order valence-corrected chi connectivity index (χ2v) is 8.12. The van der Waals surface area contributed by atoms with Gasteiger partial charge in [-0.05, 0) is 44.3 Å². The number of ether oxygens (including phenoxy) is 1. The highest BCUT2D eigenvalue weighted by Gasteiger charge is 2.24. The van der Waals surface area contributed by atoms with Crippen LogP contribution >= 0.6 is 22.7 Å². The maximum atomic E-state index is 12.5. The van der Waals surface area contributed by atoms with E-state index in [1.54, 1.807) is 18.3 Å². The predicted octanol–water partition coefficient (Wildman–Crippen LogP) is 4.47. The molecule has 1 N–H and O–H groups in total. The third kappa shape index (κ3) is 4.72. The predicted molar refractivity (Wildman–Crippen MR) is 107 cm³/mol. The van der Waals surface area contributed by atoms with E-state index in [0.29, 0.717) is 23.7 Å². The van der Waals surface area contributed by atoms with Crippen molar-refractivity contribution in [3.05, 3.63) is 28.5 Å². The van der Waals surface area contributed by atoms with Crippen LogP contribution in [-0.2, 0) is 9.53 Å². The van der Waals surface area contributed by atoms with Crippen LogP contribution in [0.2, 0.25) is 0 Å². The van der Waals surface area contributed by atoms with Crippen LogP contribution in [0.4, 0.5) is 5.00 Å². The standard InChI is InChI=1S/C19H24N2O3S2/c1-2-24-19(23)17-14(15-8-7-11-25-15)13-26-18(17)20-16(22)12-21-9-5-3-4-6-10-21/h7-8,11,13H,2-6,9-10,12H2,1H3,(H,20,22). The highest BCUT2D eigenvalue weighted by molar-refractivity contribution is 7.17. The number of carbonyl (C=O) groups excluding carboxylic acids is 2. The molecule has 1 saturated heterocycles. The second kappa shape index (κ2) is 9.30. The number of nitrogens with zero attached hydrogens (tertiary/aromatic N) is 1. The van der Waals surface area contributed by atoms with Gasteiger partial charge < -0.3 is 10.1 Å². The lowest BCUT2D eigenvalue weighted by Crippen LogP contribution is -2.34. The molecule has 1 amide bonds. The number of thiophene rings is 2. The van der Waals surface area contributed by atoms with Gasteiger partial charge >= 0.3 is 5.97 Å². The van der Waals surface area contributed by atoms with E-state index in [1.165, 1.54) is 24.2 Å². The Morgan fingerprint density at radius 1 is 1.19 bits per heavy atom. The van der Waals surface area contributed by atoms with Crippen LogP contribution in [0.15, 0.2) is 22.9 Å². The number of amides is 1. The molecule has 0 bridgehead atoms. The fourth-order valence-electron chi connectivity index (χ4n) is 3.13. The summed E-state index contributed by atoms with van der Waals surface area (Å²) in [6.45, 7) is 4.38. The number of rotatable bonds is 6. The Balaban J connectivity index is 1.76. The van der Waals surface area contributed by atoms with E-state index >= 15 is 0 Å². The van der Waals surface area contributed by atoms with Gasteiger partial charge in [0, 0.05) is 15.8 Å². The van der Waals surface area contributed by atoms with E-state index in [4.69, 9.17) is 4.74 Å². The van der Waals surface area contributed by atoms with Crippen molar-refractivity contribution in [1.29, 1.82) is 0 Å². The molecule has 3 rings (SSSR count). The highest BCUT2D eigenvalue weighted by atomic mass is 32.1. The van der Waals surface area contributed by atoms with Crippen LogP contribution in [0.3, 0.4) is 0 Å². The summed E-state index contributed by atoms with van der Waals surface area (Å²) in [6.07, 6.45) is 4.76. The minimum Gasteiger partial charge on any atom is -0.462 e. The van der Waals surface area contributed by atoms with Gasteiger partial charge in [-0.3, -0.25) is 9.69 Å². The Hall–Kier alpha value is -1.70. The van der Waals surface area contributed by atoms with E-state index in [9.17, 15) is 9.59 Å². The summed E-state index contributed by atoms with van der Waals surface area (Å²) in [5, 5.41) is 7.41. The third-order valence-electron chi connectivity index (χ3n) is 4.38. The maximum Gasteiger partial charge on any atom is 0.341 e. The first-order valence-electron chi connectivity index (χ1n) is 9.03. The lowest BCUT2D eigenvalue weighted by molar-refractivity contribution is -0.117. The van der Waals surface area contributed by atoms with E-state index in [0.717, 1.165) is 36.4 Å². The number of hydrogen-bond acceptors (Lipinski definition) is 6. The summed E-state index contributed by atoms with van der Waals surface area (Å²) >= 11 is 2.95. The lowest BCUT2D eigenvalue weighted by Gasteiger charge is -2.18. The van der Waals surface area contributed by atoms with Crippen molar-refractivity contribution >= 4 is 39.6 Å². The first kappa shape index (κ1) is 19.1. The average molecular weight is 393 g/mol. The Kier molecular flexibility index (Phi) is 6.82. The van der Waals surface area contributed by atoms with E-state index in [1.807, 2.05) is 22.9 Å². The zero-order valence-corrected chi connectivity index (χ0v) is 16.6. The fourth-order valence-corrected chi connectivity index (χ4v) is 4.92. The Bertz CT molecular complexity index is 732. The number of carbonyl (C=O) groups is 2. The molecule has 1 aliphatic heterocycles. The molecule has 140 valence electrons. The molecule has 0 saturated carbocycles. The monoisotopic (exact) mass is 392 g/mol. The van der Waals surface area contributed by atoms with E-state index in [-0.39, 0.29) is 11.9 Å². The lowest BCUT2D eigenvalue weighted by atomic mass is 10.1. The molecule has 2 aromatic rings. The minimum atomic E-state index is -0.387. The smallest absolute Gasteiger partial charge is 0.341 e. The molecular formula is C19H24N2O3S2. The molecule has 3 heterocycles. The van der Waals surface area contributed by atoms with Crippen molar-refractivity contribution in [2.45, 2.75) is 32.6 Å². The van der Waals surface area contributed by atoms with E-state index < -0.39 is 0 Å². The Morgan fingerprint density at radius 2 is 1.96 bits per heavy atom. The van der Waals surface area contributed by atoms with Gasteiger partial charge in [-0.1, -0.05) is 18.9 Å². The molecule has 1 fully saturated rings. The molecule has 26 heavy (non-hydrogen) atoms. The van der Waals surface area contributed by atoms with Crippen molar-refractivity contribution < 1.29 is 14.3 Å².